The summed E-state index contributed by atoms with van der Waals surface area (Å²) in [5, 5.41) is 3.49. The number of hydrogen-bond acceptors (Lipinski definition) is 2. The van der Waals surface area contributed by atoms with Gasteiger partial charge in [-0.2, -0.15) is 0 Å². The van der Waals surface area contributed by atoms with Gasteiger partial charge in [0.25, 0.3) is 0 Å². The van der Waals surface area contributed by atoms with Gasteiger partial charge in [-0.1, -0.05) is 32.9 Å². The van der Waals surface area contributed by atoms with Crippen LogP contribution in [0.5, 0.6) is 0 Å². The number of aryl methyl sites for hydroxylation is 2. The summed E-state index contributed by atoms with van der Waals surface area (Å²) in [6, 6.07) is 12.4. The van der Waals surface area contributed by atoms with Crippen molar-refractivity contribution < 1.29 is 0 Å². The van der Waals surface area contributed by atoms with Gasteiger partial charge in [0.15, 0.2) is 0 Å². The minimum absolute atomic E-state index is 0.176. The van der Waals surface area contributed by atoms with Gasteiger partial charge in [-0.15, -0.1) is 0 Å². The fourth-order valence-corrected chi connectivity index (χ4v) is 2.30. The maximum atomic E-state index is 5.72. The van der Waals surface area contributed by atoms with Crippen LogP contribution in [-0.4, -0.2) is 0 Å². The highest BCUT2D eigenvalue weighted by Crippen LogP contribution is 2.31. The van der Waals surface area contributed by atoms with Crippen LogP contribution in [0.25, 0.3) is 0 Å². The monoisotopic (exact) mass is 268 g/mol. The molecule has 2 heteroatoms. The Kier molecular flexibility index (Phi) is 3.76. The fourth-order valence-electron chi connectivity index (χ4n) is 2.30. The third-order valence-electron chi connectivity index (χ3n) is 3.58. The van der Waals surface area contributed by atoms with Crippen molar-refractivity contribution in [2.24, 2.45) is 0 Å². The molecule has 106 valence electrons. The number of benzene rings is 2. The molecule has 0 saturated carbocycles. The molecule has 0 aromatic heterocycles. The minimum Gasteiger partial charge on any atom is -0.399 e. The summed E-state index contributed by atoms with van der Waals surface area (Å²) in [5.41, 5.74) is 12.8. The molecule has 0 radical (unpaired) electrons. The zero-order valence-electron chi connectivity index (χ0n) is 13.0. The van der Waals surface area contributed by atoms with Gasteiger partial charge in [0.2, 0.25) is 0 Å². The summed E-state index contributed by atoms with van der Waals surface area (Å²) in [6.45, 7) is 11.0. The van der Waals surface area contributed by atoms with Crippen LogP contribution in [0.4, 0.5) is 17.1 Å². The largest absolute Gasteiger partial charge is 0.399 e. The second-order valence-electron chi connectivity index (χ2n) is 6.48. The van der Waals surface area contributed by atoms with Crippen molar-refractivity contribution in [1.29, 1.82) is 0 Å². The molecule has 0 amide bonds. The summed E-state index contributed by atoms with van der Waals surface area (Å²) in [7, 11) is 0. The second-order valence-corrected chi connectivity index (χ2v) is 6.48. The molecule has 0 aliphatic heterocycles. The second kappa shape index (κ2) is 5.20. The van der Waals surface area contributed by atoms with E-state index in [0.717, 1.165) is 11.4 Å². The van der Waals surface area contributed by atoms with Crippen molar-refractivity contribution in [1.82, 2.24) is 0 Å². The summed E-state index contributed by atoms with van der Waals surface area (Å²) in [5.74, 6) is 0. The average molecular weight is 268 g/mol. The van der Waals surface area contributed by atoms with Crippen molar-refractivity contribution >= 4 is 17.1 Å². The topological polar surface area (TPSA) is 38.0 Å². The van der Waals surface area contributed by atoms with Gasteiger partial charge in [0.05, 0.1) is 0 Å². The van der Waals surface area contributed by atoms with Gasteiger partial charge in [0, 0.05) is 17.1 Å². The van der Waals surface area contributed by atoms with Gasteiger partial charge in [-0.25, -0.2) is 0 Å². The molecule has 2 nitrogen and oxygen atoms in total. The van der Waals surface area contributed by atoms with Crippen molar-refractivity contribution in [3.8, 4) is 0 Å². The van der Waals surface area contributed by atoms with Gasteiger partial charge in [-0.3, -0.25) is 0 Å². The molecule has 0 aliphatic rings. The van der Waals surface area contributed by atoms with E-state index >= 15 is 0 Å². The van der Waals surface area contributed by atoms with E-state index in [0.29, 0.717) is 0 Å². The Morgan fingerprint density at radius 2 is 1.40 bits per heavy atom. The Balaban J connectivity index is 2.36. The molecule has 0 aliphatic carbocycles. The van der Waals surface area contributed by atoms with Crippen molar-refractivity contribution in [3.63, 3.8) is 0 Å². The summed E-state index contributed by atoms with van der Waals surface area (Å²) in [6.07, 6.45) is 0. The maximum Gasteiger partial charge on any atom is 0.0443 e. The van der Waals surface area contributed by atoms with E-state index in [-0.39, 0.29) is 5.41 Å². The van der Waals surface area contributed by atoms with Crippen LogP contribution in [-0.2, 0) is 5.41 Å². The van der Waals surface area contributed by atoms with Gasteiger partial charge in [-0.05, 0) is 60.2 Å². The van der Waals surface area contributed by atoms with Crippen molar-refractivity contribution in [2.75, 3.05) is 11.1 Å². The molecule has 0 saturated heterocycles. The molecular weight excluding hydrogens is 244 g/mol. The smallest absolute Gasteiger partial charge is 0.0443 e. The molecule has 2 aromatic carbocycles. The van der Waals surface area contributed by atoms with E-state index in [1.165, 1.54) is 22.4 Å². The van der Waals surface area contributed by atoms with Crippen LogP contribution in [0, 0.1) is 13.8 Å². The average Bonchev–Trinajstić information content (AvgIpc) is 2.34. The van der Waals surface area contributed by atoms with Crippen LogP contribution in [0.2, 0.25) is 0 Å². The van der Waals surface area contributed by atoms with E-state index in [2.05, 4.69) is 52.1 Å². The molecule has 0 heterocycles. The van der Waals surface area contributed by atoms with Crippen molar-refractivity contribution in [3.05, 3.63) is 53.1 Å². The summed E-state index contributed by atoms with van der Waals surface area (Å²) < 4.78 is 0. The van der Waals surface area contributed by atoms with Crippen LogP contribution in [0.3, 0.4) is 0 Å². The fraction of sp³-hybridized carbons (Fsp3) is 0.333. The molecular formula is C18H24N2. The van der Waals surface area contributed by atoms with E-state index in [4.69, 9.17) is 5.73 Å². The molecule has 2 rings (SSSR count). The highest BCUT2D eigenvalue weighted by atomic mass is 14.9. The SMILES string of the molecule is Cc1cc(C(C)(C)C)cc(C)c1Nc1ccc(N)cc1. The predicted octanol–water partition coefficient (Wildman–Crippen LogP) is 4.93. The summed E-state index contributed by atoms with van der Waals surface area (Å²) in [4.78, 5) is 0. The predicted molar refractivity (Wildman–Crippen MR) is 88.8 cm³/mol. The van der Waals surface area contributed by atoms with E-state index < -0.39 is 0 Å². The third-order valence-corrected chi connectivity index (χ3v) is 3.58. The normalized spacial score (nSPS) is 11.4. The Bertz CT molecular complexity index is 581. The number of rotatable bonds is 2. The standard InChI is InChI=1S/C18H24N2/c1-12-10-14(18(3,4)5)11-13(2)17(12)20-16-8-6-15(19)7-9-16/h6-11,20H,19H2,1-5H3. The van der Waals surface area contributed by atoms with Gasteiger partial charge >= 0.3 is 0 Å². The molecule has 3 N–H and O–H groups in total. The van der Waals surface area contributed by atoms with Crippen LogP contribution in [0.15, 0.2) is 36.4 Å². The van der Waals surface area contributed by atoms with Crippen LogP contribution in [0.1, 0.15) is 37.5 Å². The lowest BCUT2D eigenvalue weighted by Gasteiger charge is -2.23. The maximum absolute atomic E-state index is 5.72. The molecule has 0 bridgehead atoms. The first-order chi connectivity index (χ1) is 9.27. The lowest BCUT2D eigenvalue weighted by Crippen LogP contribution is -2.12. The lowest BCUT2D eigenvalue weighted by molar-refractivity contribution is 0.589. The highest BCUT2D eigenvalue weighted by Gasteiger charge is 2.16. The Morgan fingerprint density at radius 1 is 0.900 bits per heavy atom. The first-order valence-corrected chi connectivity index (χ1v) is 7.01. The number of anilines is 3. The zero-order chi connectivity index (χ0) is 14.9. The minimum atomic E-state index is 0.176. The number of nitrogens with two attached hydrogens (primary N) is 1. The first kappa shape index (κ1) is 14.4. The van der Waals surface area contributed by atoms with E-state index in [1.807, 2.05) is 24.3 Å². The zero-order valence-corrected chi connectivity index (χ0v) is 13.0. The Hall–Kier alpha value is -1.96. The quantitative estimate of drug-likeness (QED) is 0.758. The van der Waals surface area contributed by atoms with Gasteiger partial charge in [0.1, 0.15) is 0 Å². The van der Waals surface area contributed by atoms with Crippen molar-refractivity contribution in [2.45, 2.75) is 40.0 Å². The molecule has 0 atom stereocenters. The number of nitrogens with one attached hydrogen (secondary N) is 1. The number of nitrogen functional groups attached to an aromatic ring is 1. The van der Waals surface area contributed by atoms with E-state index in [1.54, 1.807) is 0 Å². The molecule has 0 fully saturated rings. The Morgan fingerprint density at radius 3 is 1.85 bits per heavy atom. The van der Waals surface area contributed by atoms with E-state index in [9.17, 15) is 0 Å². The Labute approximate surface area is 122 Å². The highest BCUT2D eigenvalue weighted by molar-refractivity contribution is 5.68. The first-order valence-electron chi connectivity index (χ1n) is 7.01. The summed E-state index contributed by atoms with van der Waals surface area (Å²) >= 11 is 0. The molecule has 2 aromatic rings. The molecule has 0 spiro atoms. The molecule has 0 unspecified atom stereocenters. The molecule has 20 heavy (non-hydrogen) atoms. The van der Waals surface area contributed by atoms with Gasteiger partial charge < -0.3 is 11.1 Å². The van der Waals surface area contributed by atoms with Crippen LogP contribution >= 0.6 is 0 Å². The third kappa shape index (κ3) is 3.13. The van der Waals surface area contributed by atoms with Crippen LogP contribution < -0.4 is 11.1 Å². The lowest BCUT2D eigenvalue weighted by atomic mass is 9.85. The number of hydrogen-bond donors (Lipinski definition) is 2.